The first-order valence-electron chi connectivity index (χ1n) is 4.84. The van der Waals surface area contributed by atoms with E-state index < -0.39 is 5.97 Å². The van der Waals surface area contributed by atoms with Crippen LogP contribution in [0.3, 0.4) is 0 Å². The van der Waals surface area contributed by atoms with E-state index in [4.69, 9.17) is 20.3 Å². The van der Waals surface area contributed by atoms with Crippen LogP contribution in [0.1, 0.15) is 26.2 Å². The molecule has 0 aliphatic carbocycles. The van der Waals surface area contributed by atoms with E-state index in [1.165, 1.54) is 0 Å². The Kier molecular flexibility index (Phi) is 4.31. The smallest absolute Gasteiger partial charge is 0.305 e. The van der Waals surface area contributed by atoms with Crippen molar-refractivity contribution in [2.75, 3.05) is 6.54 Å². The van der Waals surface area contributed by atoms with Crippen LogP contribution >= 0.6 is 0 Å². The van der Waals surface area contributed by atoms with Gasteiger partial charge < -0.3 is 20.3 Å². The lowest BCUT2D eigenvalue weighted by atomic mass is 10.0. The fourth-order valence-corrected chi connectivity index (χ4v) is 1.68. The van der Waals surface area contributed by atoms with Crippen LogP contribution in [0.4, 0.5) is 0 Å². The van der Waals surface area contributed by atoms with Gasteiger partial charge >= 0.3 is 5.97 Å². The molecule has 3 N–H and O–H groups in total. The molecule has 14 heavy (non-hydrogen) atoms. The number of hydrogen-bond acceptors (Lipinski definition) is 4. The van der Waals surface area contributed by atoms with E-state index in [0.717, 1.165) is 6.42 Å². The number of hydrogen-bond donors (Lipinski definition) is 2. The van der Waals surface area contributed by atoms with Gasteiger partial charge in [-0.2, -0.15) is 0 Å². The van der Waals surface area contributed by atoms with Crippen LogP contribution < -0.4 is 5.73 Å². The maximum absolute atomic E-state index is 10.5. The zero-order valence-corrected chi connectivity index (χ0v) is 8.31. The number of carboxylic acid groups (broad SMARTS) is 1. The van der Waals surface area contributed by atoms with Crippen LogP contribution in [0.25, 0.3) is 0 Å². The van der Waals surface area contributed by atoms with Gasteiger partial charge in [-0.05, 0) is 19.9 Å². The molecule has 3 atom stereocenters. The molecule has 1 saturated heterocycles. The summed E-state index contributed by atoms with van der Waals surface area (Å²) in [6.45, 7) is 2.33. The molecule has 1 fully saturated rings. The highest BCUT2D eigenvalue weighted by Crippen LogP contribution is 2.22. The minimum atomic E-state index is -0.837. The predicted octanol–water partition coefficient (Wildman–Crippen LogP) is 0.330. The minimum Gasteiger partial charge on any atom is -0.481 e. The van der Waals surface area contributed by atoms with Gasteiger partial charge in [0.05, 0.1) is 18.6 Å². The highest BCUT2D eigenvalue weighted by molar-refractivity contribution is 5.67. The van der Waals surface area contributed by atoms with Gasteiger partial charge in [0.2, 0.25) is 0 Å². The molecular formula is C9H17NO4. The Hall–Kier alpha value is -0.650. The number of nitrogens with two attached hydrogens (primary N) is 1. The third kappa shape index (κ3) is 3.61. The van der Waals surface area contributed by atoms with E-state index in [-0.39, 0.29) is 24.9 Å². The summed E-state index contributed by atoms with van der Waals surface area (Å²) in [5.74, 6) is -0.837. The summed E-state index contributed by atoms with van der Waals surface area (Å²) in [5.41, 5.74) is 5.41. The molecule has 0 aromatic rings. The van der Waals surface area contributed by atoms with Crippen molar-refractivity contribution in [3.8, 4) is 0 Å². The molecule has 1 aliphatic heterocycles. The summed E-state index contributed by atoms with van der Waals surface area (Å²) in [4.78, 5) is 10.5. The zero-order chi connectivity index (χ0) is 10.6. The topological polar surface area (TPSA) is 81.8 Å². The zero-order valence-electron chi connectivity index (χ0n) is 8.31. The Balaban J connectivity index is 2.41. The third-order valence-electron chi connectivity index (χ3n) is 2.18. The van der Waals surface area contributed by atoms with Crippen LogP contribution in [-0.2, 0) is 14.3 Å². The molecule has 82 valence electrons. The van der Waals surface area contributed by atoms with E-state index in [9.17, 15) is 4.79 Å². The normalized spacial score (nSPS) is 32.9. The fourth-order valence-electron chi connectivity index (χ4n) is 1.68. The van der Waals surface area contributed by atoms with Gasteiger partial charge in [-0.1, -0.05) is 0 Å². The maximum Gasteiger partial charge on any atom is 0.305 e. The Morgan fingerprint density at radius 1 is 1.50 bits per heavy atom. The molecule has 0 amide bonds. The van der Waals surface area contributed by atoms with Crippen molar-refractivity contribution in [1.29, 1.82) is 0 Å². The number of carbonyl (C=O) groups is 1. The van der Waals surface area contributed by atoms with Crippen molar-refractivity contribution < 1.29 is 19.4 Å². The van der Waals surface area contributed by atoms with Gasteiger partial charge in [0.25, 0.3) is 0 Å². The summed E-state index contributed by atoms with van der Waals surface area (Å²) in [6, 6.07) is 0. The lowest BCUT2D eigenvalue weighted by Gasteiger charge is -2.33. The summed E-state index contributed by atoms with van der Waals surface area (Å²) >= 11 is 0. The Labute approximate surface area is 83.2 Å². The van der Waals surface area contributed by atoms with Crippen molar-refractivity contribution in [3.63, 3.8) is 0 Å². The SMILES string of the molecule is C[C@@H]1O[C@H](CCN)C[C@H](CC(=O)O)O1. The van der Waals surface area contributed by atoms with Gasteiger partial charge in [0.15, 0.2) is 6.29 Å². The van der Waals surface area contributed by atoms with Crippen LogP contribution in [-0.4, -0.2) is 36.1 Å². The van der Waals surface area contributed by atoms with Gasteiger partial charge in [-0.25, -0.2) is 0 Å². The molecule has 0 unspecified atom stereocenters. The van der Waals surface area contributed by atoms with E-state index in [1.807, 2.05) is 0 Å². The van der Waals surface area contributed by atoms with Crippen LogP contribution in [0.15, 0.2) is 0 Å². The van der Waals surface area contributed by atoms with E-state index >= 15 is 0 Å². The van der Waals surface area contributed by atoms with Crippen LogP contribution in [0.5, 0.6) is 0 Å². The molecule has 1 aliphatic rings. The number of carboxylic acids is 1. The molecule has 0 aromatic carbocycles. The molecule has 0 bridgehead atoms. The van der Waals surface area contributed by atoms with Gasteiger partial charge in [0.1, 0.15) is 0 Å². The van der Waals surface area contributed by atoms with Gasteiger partial charge in [0, 0.05) is 6.42 Å². The van der Waals surface area contributed by atoms with E-state index in [1.54, 1.807) is 6.92 Å². The van der Waals surface area contributed by atoms with Crippen molar-refractivity contribution in [1.82, 2.24) is 0 Å². The minimum absolute atomic E-state index is 0.0353. The first-order chi connectivity index (χ1) is 6.61. The molecule has 0 saturated carbocycles. The van der Waals surface area contributed by atoms with E-state index in [0.29, 0.717) is 13.0 Å². The maximum atomic E-state index is 10.5. The summed E-state index contributed by atoms with van der Waals surface area (Å²) in [5, 5.41) is 8.62. The highest BCUT2D eigenvalue weighted by atomic mass is 16.7. The molecule has 0 spiro atoms. The Morgan fingerprint density at radius 2 is 2.14 bits per heavy atom. The largest absolute Gasteiger partial charge is 0.481 e. The second-order valence-electron chi connectivity index (χ2n) is 3.49. The molecule has 5 nitrogen and oxygen atoms in total. The highest BCUT2D eigenvalue weighted by Gasteiger charge is 2.28. The second-order valence-corrected chi connectivity index (χ2v) is 3.49. The average molecular weight is 203 g/mol. The van der Waals surface area contributed by atoms with Gasteiger partial charge in [-0.15, -0.1) is 0 Å². The number of aliphatic carboxylic acids is 1. The van der Waals surface area contributed by atoms with Crippen molar-refractivity contribution in [2.24, 2.45) is 5.73 Å². The van der Waals surface area contributed by atoms with E-state index in [2.05, 4.69) is 0 Å². The lowest BCUT2D eigenvalue weighted by Crippen LogP contribution is -2.38. The van der Waals surface area contributed by atoms with Crippen molar-refractivity contribution >= 4 is 5.97 Å². The third-order valence-corrected chi connectivity index (χ3v) is 2.18. The molecular weight excluding hydrogens is 186 g/mol. The standard InChI is InChI=1S/C9H17NO4/c1-6-13-7(2-3-10)4-8(14-6)5-9(11)12/h6-8H,2-5,10H2,1H3,(H,11,12)/t6-,7-,8-/m1/s1. The first kappa shape index (κ1) is 11.4. The van der Waals surface area contributed by atoms with Gasteiger partial charge in [-0.3, -0.25) is 4.79 Å². The summed E-state index contributed by atoms with van der Waals surface area (Å²) < 4.78 is 10.8. The lowest BCUT2D eigenvalue weighted by molar-refractivity contribution is -0.235. The molecule has 1 rings (SSSR count). The fraction of sp³-hybridized carbons (Fsp3) is 0.889. The number of ether oxygens (including phenoxy) is 2. The van der Waals surface area contributed by atoms with Crippen molar-refractivity contribution in [3.05, 3.63) is 0 Å². The Morgan fingerprint density at radius 3 is 2.71 bits per heavy atom. The molecule has 1 heterocycles. The van der Waals surface area contributed by atoms with Crippen molar-refractivity contribution in [2.45, 2.75) is 44.7 Å². The first-order valence-corrected chi connectivity index (χ1v) is 4.84. The summed E-state index contributed by atoms with van der Waals surface area (Å²) in [7, 11) is 0. The predicted molar refractivity (Wildman–Crippen MR) is 49.7 cm³/mol. The quantitative estimate of drug-likeness (QED) is 0.688. The van der Waals surface area contributed by atoms with Crippen LogP contribution in [0, 0.1) is 0 Å². The Bertz CT molecular complexity index is 197. The molecule has 0 aromatic heterocycles. The average Bonchev–Trinajstić information content (AvgIpc) is 2.01. The molecule has 5 heteroatoms. The van der Waals surface area contributed by atoms with Crippen LogP contribution in [0.2, 0.25) is 0 Å². The number of rotatable bonds is 4. The summed E-state index contributed by atoms with van der Waals surface area (Å²) in [6.07, 6.45) is 0.873. The molecule has 0 radical (unpaired) electrons. The second kappa shape index (κ2) is 5.29. The monoisotopic (exact) mass is 203 g/mol.